The van der Waals surface area contributed by atoms with Crippen molar-refractivity contribution in [3.05, 3.63) is 54.3 Å². The minimum absolute atomic E-state index is 0.00716. The second-order valence-electron chi connectivity index (χ2n) is 8.10. The standard InChI is InChI=1S/C24H26N6O4/c1-3-20(31)30-11-9-14(10-12-30)16-5-4-6-17(22(16)34-2)26-18-13-19(27-24(33)15-7-8-15)28-29-21(18)23(25)32/h3-6,9,13,15H,1,7-8,10-12H2,2H3,(H2,25,32)(H2,26,27,28,33). The Balaban J connectivity index is 1.63. The maximum atomic E-state index is 12.1. The number of ether oxygens (including phenoxy) is 1. The number of amides is 3. The molecule has 1 aliphatic heterocycles. The van der Waals surface area contributed by atoms with Gasteiger partial charge in [-0.3, -0.25) is 14.4 Å². The van der Waals surface area contributed by atoms with E-state index >= 15 is 0 Å². The Morgan fingerprint density at radius 2 is 2.03 bits per heavy atom. The van der Waals surface area contributed by atoms with Crippen molar-refractivity contribution in [3.63, 3.8) is 0 Å². The van der Waals surface area contributed by atoms with Crippen LogP contribution >= 0.6 is 0 Å². The third kappa shape index (κ3) is 4.90. The fourth-order valence-corrected chi connectivity index (χ4v) is 3.80. The van der Waals surface area contributed by atoms with E-state index in [4.69, 9.17) is 10.5 Å². The molecule has 0 radical (unpaired) electrons. The monoisotopic (exact) mass is 462 g/mol. The maximum Gasteiger partial charge on any atom is 0.271 e. The Bertz CT molecular complexity index is 1190. The molecule has 34 heavy (non-hydrogen) atoms. The summed E-state index contributed by atoms with van der Waals surface area (Å²) in [5.41, 5.74) is 8.21. The Morgan fingerprint density at radius 1 is 1.24 bits per heavy atom. The van der Waals surface area contributed by atoms with Gasteiger partial charge in [0.25, 0.3) is 5.91 Å². The number of nitrogens with two attached hydrogens (primary N) is 1. The summed E-state index contributed by atoms with van der Waals surface area (Å²) >= 11 is 0. The number of carbonyl (C=O) groups excluding carboxylic acids is 3. The number of benzene rings is 1. The Labute approximate surface area is 196 Å². The van der Waals surface area contributed by atoms with Crippen LogP contribution in [0.5, 0.6) is 5.75 Å². The lowest BCUT2D eigenvalue weighted by Gasteiger charge is -2.26. The van der Waals surface area contributed by atoms with Crippen LogP contribution in [0.4, 0.5) is 17.2 Å². The molecule has 2 aromatic rings. The zero-order valence-corrected chi connectivity index (χ0v) is 18.8. The van der Waals surface area contributed by atoms with Crippen molar-refractivity contribution < 1.29 is 19.1 Å². The van der Waals surface area contributed by atoms with Gasteiger partial charge in [0.1, 0.15) is 5.75 Å². The van der Waals surface area contributed by atoms with Gasteiger partial charge in [-0.25, -0.2) is 0 Å². The lowest BCUT2D eigenvalue weighted by molar-refractivity contribution is -0.125. The summed E-state index contributed by atoms with van der Waals surface area (Å²) in [6.45, 7) is 4.59. The molecular formula is C24H26N6O4. The van der Waals surface area contributed by atoms with Crippen LogP contribution < -0.4 is 21.1 Å². The molecule has 1 saturated carbocycles. The summed E-state index contributed by atoms with van der Waals surface area (Å²) < 4.78 is 5.71. The quantitative estimate of drug-likeness (QED) is 0.512. The molecule has 0 spiro atoms. The molecule has 3 amide bonds. The first-order valence-corrected chi connectivity index (χ1v) is 10.9. The molecule has 2 aliphatic rings. The number of aromatic nitrogens is 2. The van der Waals surface area contributed by atoms with E-state index < -0.39 is 5.91 Å². The molecular weight excluding hydrogens is 436 g/mol. The highest BCUT2D eigenvalue weighted by atomic mass is 16.5. The van der Waals surface area contributed by atoms with Gasteiger partial charge in [-0.15, -0.1) is 10.2 Å². The molecule has 1 aromatic carbocycles. The van der Waals surface area contributed by atoms with Gasteiger partial charge in [0.15, 0.2) is 11.5 Å². The molecule has 0 unspecified atom stereocenters. The summed E-state index contributed by atoms with van der Waals surface area (Å²) in [5, 5.41) is 13.7. The van der Waals surface area contributed by atoms with Gasteiger partial charge in [-0.1, -0.05) is 24.8 Å². The van der Waals surface area contributed by atoms with Crippen molar-refractivity contribution in [1.82, 2.24) is 15.1 Å². The number of hydrogen-bond acceptors (Lipinski definition) is 7. The molecule has 0 bridgehead atoms. The number of anilines is 3. The van der Waals surface area contributed by atoms with Crippen molar-refractivity contribution in [2.24, 2.45) is 11.7 Å². The third-order valence-electron chi connectivity index (χ3n) is 5.76. The topological polar surface area (TPSA) is 140 Å². The van der Waals surface area contributed by atoms with Crippen LogP contribution in [0, 0.1) is 5.92 Å². The molecule has 176 valence electrons. The lowest BCUT2D eigenvalue weighted by Crippen LogP contribution is -2.33. The zero-order valence-electron chi connectivity index (χ0n) is 18.8. The number of carbonyl (C=O) groups is 3. The second kappa shape index (κ2) is 9.74. The Kier molecular flexibility index (Phi) is 6.58. The van der Waals surface area contributed by atoms with Crippen LogP contribution in [-0.4, -0.2) is 53.0 Å². The van der Waals surface area contributed by atoms with E-state index in [1.54, 1.807) is 18.1 Å². The minimum Gasteiger partial charge on any atom is -0.494 e. The summed E-state index contributed by atoms with van der Waals surface area (Å²) in [7, 11) is 1.56. The predicted octanol–water partition coefficient (Wildman–Crippen LogP) is 2.48. The van der Waals surface area contributed by atoms with Gasteiger partial charge in [0.05, 0.1) is 18.5 Å². The number of nitrogens with zero attached hydrogens (tertiary/aromatic N) is 3. The van der Waals surface area contributed by atoms with Gasteiger partial charge in [0, 0.05) is 30.6 Å². The molecule has 2 heterocycles. The highest BCUT2D eigenvalue weighted by Gasteiger charge is 2.30. The second-order valence-corrected chi connectivity index (χ2v) is 8.10. The van der Waals surface area contributed by atoms with Crippen molar-refractivity contribution in [3.8, 4) is 5.75 Å². The molecule has 4 rings (SSSR count). The fourth-order valence-electron chi connectivity index (χ4n) is 3.80. The maximum absolute atomic E-state index is 12.1. The summed E-state index contributed by atoms with van der Waals surface area (Å²) in [6.07, 6.45) is 5.65. The molecule has 10 heteroatoms. The Hall–Kier alpha value is -4.21. The predicted molar refractivity (Wildman–Crippen MR) is 128 cm³/mol. The van der Waals surface area contributed by atoms with Crippen molar-refractivity contribution >= 4 is 40.5 Å². The minimum atomic E-state index is -0.757. The summed E-state index contributed by atoms with van der Waals surface area (Å²) in [5.74, 6) is -0.208. The van der Waals surface area contributed by atoms with E-state index in [1.807, 2.05) is 18.2 Å². The van der Waals surface area contributed by atoms with Crippen LogP contribution in [0.3, 0.4) is 0 Å². The van der Waals surface area contributed by atoms with E-state index in [2.05, 4.69) is 27.4 Å². The zero-order chi connectivity index (χ0) is 24.2. The first-order chi connectivity index (χ1) is 16.4. The normalized spacial score (nSPS) is 15.2. The first-order valence-electron chi connectivity index (χ1n) is 10.9. The largest absolute Gasteiger partial charge is 0.494 e. The van der Waals surface area contributed by atoms with Crippen LogP contribution in [0.25, 0.3) is 5.57 Å². The molecule has 0 atom stereocenters. The molecule has 1 aromatic heterocycles. The fraction of sp³-hybridized carbons (Fsp3) is 0.292. The van der Waals surface area contributed by atoms with E-state index in [9.17, 15) is 14.4 Å². The molecule has 1 aliphatic carbocycles. The SMILES string of the molecule is C=CC(=O)N1CC=C(c2cccc(Nc3cc(NC(=O)C4CC4)nnc3C(N)=O)c2OC)CC1. The van der Waals surface area contributed by atoms with Gasteiger partial charge < -0.3 is 26.0 Å². The molecule has 10 nitrogen and oxygen atoms in total. The lowest BCUT2D eigenvalue weighted by atomic mass is 9.97. The summed E-state index contributed by atoms with van der Waals surface area (Å²) in [6, 6.07) is 7.11. The van der Waals surface area contributed by atoms with Gasteiger partial charge in [0.2, 0.25) is 11.8 Å². The van der Waals surface area contributed by atoms with E-state index in [0.29, 0.717) is 36.6 Å². The van der Waals surface area contributed by atoms with Crippen LogP contribution in [0.1, 0.15) is 35.3 Å². The molecule has 0 saturated heterocycles. The molecule has 4 N–H and O–H groups in total. The van der Waals surface area contributed by atoms with Crippen molar-refractivity contribution in [2.45, 2.75) is 19.3 Å². The van der Waals surface area contributed by atoms with Crippen LogP contribution in [0.2, 0.25) is 0 Å². The van der Waals surface area contributed by atoms with Crippen molar-refractivity contribution in [2.75, 3.05) is 30.8 Å². The van der Waals surface area contributed by atoms with E-state index in [-0.39, 0.29) is 29.2 Å². The number of nitrogens with one attached hydrogen (secondary N) is 2. The summed E-state index contributed by atoms with van der Waals surface area (Å²) in [4.78, 5) is 37.7. The number of primary amides is 1. The number of hydrogen-bond donors (Lipinski definition) is 3. The van der Waals surface area contributed by atoms with Gasteiger partial charge in [-0.2, -0.15) is 0 Å². The first kappa shape index (κ1) is 23.0. The third-order valence-corrected chi connectivity index (χ3v) is 5.76. The number of methoxy groups -OCH3 is 1. The van der Waals surface area contributed by atoms with Gasteiger partial charge in [-0.05, 0) is 37.0 Å². The van der Waals surface area contributed by atoms with Crippen molar-refractivity contribution in [1.29, 1.82) is 0 Å². The van der Waals surface area contributed by atoms with Gasteiger partial charge >= 0.3 is 0 Å². The average molecular weight is 463 g/mol. The number of rotatable bonds is 8. The molecule has 1 fully saturated rings. The highest BCUT2D eigenvalue weighted by Crippen LogP contribution is 2.38. The van der Waals surface area contributed by atoms with Crippen LogP contribution in [-0.2, 0) is 9.59 Å². The van der Waals surface area contributed by atoms with E-state index in [1.165, 1.54) is 12.1 Å². The smallest absolute Gasteiger partial charge is 0.271 e. The Morgan fingerprint density at radius 3 is 2.65 bits per heavy atom. The number of para-hydroxylation sites is 1. The van der Waals surface area contributed by atoms with E-state index in [0.717, 1.165) is 24.0 Å². The average Bonchev–Trinajstić information content (AvgIpc) is 3.69. The highest BCUT2D eigenvalue weighted by molar-refractivity contribution is 5.99. The van der Waals surface area contributed by atoms with Crippen LogP contribution in [0.15, 0.2) is 43.0 Å².